The number of aromatic amines is 1. The third-order valence-corrected chi connectivity index (χ3v) is 5.60. The number of aryl methyl sites for hydroxylation is 2. The summed E-state index contributed by atoms with van der Waals surface area (Å²) in [5, 5.41) is 11.0. The van der Waals surface area contributed by atoms with Gasteiger partial charge in [-0.2, -0.15) is 14.9 Å². The third kappa shape index (κ3) is 2.94. The zero-order chi connectivity index (χ0) is 17.7. The fourth-order valence-electron chi connectivity index (χ4n) is 2.59. The molecule has 10 heteroatoms. The normalized spacial score (nSPS) is 16.1. The van der Waals surface area contributed by atoms with Gasteiger partial charge in [0, 0.05) is 6.20 Å². The number of H-pyrrole nitrogens is 1. The Kier molecular flexibility index (Phi) is 3.48. The van der Waals surface area contributed by atoms with Crippen molar-refractivity contribution in [1.29, 1.82) is 0 Å². The van der Waals surface area contributed by atoms with E-state index in [1.165, 1.54) is 17.1 Å². The number of sulfonamides is 1. The molecular formula is C15H17N7O2S. The van der Waals surface area contributed by atoms with Gasteiger partial charge in [0.2, 0.25) is 10.0 Å². The van der Waals surface area contributed by atoms with Crippen molar-refractivity contribution in [3.63, 3.8) is 0 Å². The molecule has 0 saturated heterocycles. The van der Waals surface area contributed by atoms with Crippen LogP contribution in [0.1, 0.15) is 30.1 Å². The zero-order valence-electron chi connectivity index (χ0n) is 13.8. The number of hydrogen-bond donors (Lipinski definition) is 2. The van der Waals surface area contributed by atoms with Crippen LogP contribution in [0.3, 0.4) is 0 Å². The SMILES string of the molecule is Cc1ccnc(-n2cc(S(=O)(=O)NC3(c4n[nH]c(C)n4)CC3)cn2)c1. The fraction of sp³-hybridized carbons (Fsp3) is 0.333. The minimum absolute atomic E-state index is 0.0781. The van der Waals surface area contributed by atoms with Crippen molar-refractivity contribution in [3.05, 3.63) is 47.9 Å². The van der Waals surface area contributed by atoms with Crippen LogP contribution in [0.15, 0.2) is 35.6 Å². The van der Waals surface area contributed by atoms with Gasteiger partial charge in [-0.1, -0.05) is 0 Å². The highest BCUT2D eigenvalue weighted by Gasteiger charge is 2.51. The molecule has 0 atom stereocenters. The summed E-state index contributed by atoms with van der Waals surface area (Å²) in [6, 6.07) is 3.69. The molecule has 1 aliphatic carbocycles. The molecule has 1 saturated carbocycles. The van der Waals surface area contributed by atoms with Crippen LogP contribution in [-0.2, 0) is 15.6 Å². The molecule has 0 amide bonds. The second kappa shape index (κ2) is 5.46. The van der Waals surface area contributed by atoms with Crippen molar-refractivity contribution in [2.24, 2.45) is 0 Å². The predicted octanol–water partition coefficient (Wildman–Crippen LogP) is 0.970. The topological polar surface area (TPSA) is 118 Å². The monoisotopic (exact) mass is 359 g/mol. The van der Waals surface area contributed by atoms with Crippen molar-refractivity contribution in [2.75, 3.05) is 0 Å². The van der Waals surface area contributed by atoms with Gasteiger partial charge in [-0.15, -0.1) is 0 Å². The number of nitrogens with one attached hydrogen (secondary N) is 2. The Hall–Kier alpha value is -2.59. The average Bonchev–Trinajstić information content (AvgIpc) is 3.00. The number of nitrogens with zero attached hydrogens (tertiary/aromatic N) is 5. The molecule has 0 aromatic carbocycles. The van der Waals surface area contributed by atoms with E-state index in [9.17, 15) is 8.42 Å². The van der Waals surface area contributed by atoms with Crippen molar-refractivity contribution in [2.45, 2.75) is 37.1 Å². The summed E-state index contributed by atoms with van der Waals surface area (Å²) in [6.07, 6.45) is 5.74. The summed E-state index contributed by atoms with van der Waals surface area (Å²) in [5.41, 5.74) is 0.285. The maximum atomic E-state index is 12.7. The molecular weight excluding hydrogens is 342 g/mol. The minimum Gasteiger partial charge on any atom is -0.263 e. The maximum Gasteiger partial charge on any atom is 0.244 e. The Morgan fingerprint density at radius 1 is 1.32 bits per heavy atom. The van der Waals surface area contributed by atoms with E-state index < -0.39 is 15.6 Å². The lowest BCUT2D eigenvalue weighted by atomic mass is 10.3. The van der Waals surface area contributed by atoms with Gasteiger partial charge in [-0.05, 0) is 44.4 Å². The smallest absolute Gasteiger partial charge is 0.244 e. The molecule has 9 nitrogen and oxygen atoms in total. The highest BCUT2D eigenvalue weighted by atomic mass is 32.2. The van der Waals surface area contributed by atoms with E-state index in [0.29, 0.717) is 30.3 Å². The molecule has 0 unspecified atom stereocenters. The first-order valence-corrected chi connectivity index (χ1v) is 9.27. The van der Waals surface area contributed by atoms with E-state index >= 15 is 0 Å². The summed E-state index contributed by atoms with van der Waals surface area (Å²) in [6.45, 7) is 3.71. The predicted molar refractivity (Wildman–Crippen MR) is 88.4 cm³/mol. The van der Waals surface area contributed by atoms with Crippen LogP contribution in [0.5, 0.6) is 0 Å². The van der Waals surface area contributed by atoms with Gasteiger partial charge in [-0.25, -0.2) is 23.1 Å². The second-order valence-electron chi connectivity index (χ2n) is 6.24. The van der Waals surface area contributed by atoms with Gasteiger partial charge in [-0.3, -0.25) is 5.10 Å². The Morgan fingerprint density at radius 2 is 2.12 bits per heavy atom. The van der Waals surface area contributed by atoms with Crippen LogP contribution in [0.4, 0.5) is 0 Å². The standard InChI is InChI=1S/C15H17N7O2S/c1-10-3-6-16-13(7-10)22-9-12(8-17-22)25(23,24)21-15(4-5-15)14-18-11(2)19-20-14/h3,6-9,21H,4-5H2,1-2H3,(H,18,19,20). The molecule has 25 heavy (non-hydrogen) atoms. The number of rotatable bonds is 5. The lowest BCUT2D eigenvalue weighted by Gasteiger charge is -2.13. The van der Waals surface area contributed by atoms with Gasteiger partial charge in [0.25, 0.3) is 0 Å². The molecule has 0 aliphatic heterocycles. The molecule has 3 heterocycles. The van der Waals surface area contributed by atoms with E-state index in [4.69, 9.17) is 0 Å². The Labute approximate surface area is 144 Å². The van der Waals surface area contributed by atoms with Crippen LogP contribution in [0.25, 0.3) is 5.82 Å². The van der Waals surface area contributed by atoms with Crippen LogP contribution in [-0.4, -0.2) is 38.4 Å². The molecule has 3 aromatic rings. The average molecular weight is 359 g/mol. The van der Waals surface area contributed by atoms with Crippen molar-refractivity contribution in [3.8, 4) is 5.82 Å². The number of pyridine rings is 1. The molecule has 3 aromatic heterocycles. The first kappa shape index (κ1) is 15.9. The van der Waals surface area contributed by atoms with Gasteiger partial charge < -0.3 is 0 Å². The first-order valence-electron chi connectivity index (χ1n) is 7.79. The molecule has 0 spiro atoms. The summed E-state index contributed by atoms with van der Waals surface area (Å²) < 4.78 is 29.6. The first-order chi connectivity index (χ1) is 11.9. The zero-order valence-corrected chi connectivity index (χ0v) is 14.6. The minimum atomic E-state index is -3.75. The van der Waals surface area contributed by atoms with E-state index in [1.807, 2.05) is 19.1 Å². The Morgan fingerprint density at radius 3 is 2.76 bits per heavy atom. The van der Waals surface area contributed by atoms with E-state index in [0.717, 1.165) is 5.56 Å². The highest BCUT2D eigenvalue weighted by Crippen LogP contribution is 2.44. The van der Waals surface area contributed by atoms with E-state index in [-0.39, 0.29) is 4.90 Å². The van der Waals surface area contributed by atoms with E-state index in [1.54, 1.807) is 13.1 Å². The fourth-order valence-corrected chi connectivity index (χ4v) is 3.94. The Balaban J connectivity index is 1.61. The van der Waals surface area contributed by atoms with Crippen molar-refractivity contribution >= 4 is 10.0 Å². The quantitative estimate of drug-likeness (QED) is 0.701. The number of aromatic nitrogens is 6. The molecule has 2 N–H and O–H groups in total. The summed E-state index contributed by atoms with van der Waals surface area (Å²) in [7, 11) is -3.75. The third-order valence-electron chi connectivity index (χ3n) is 4.11. The van der Waals surface area contributed by atoms with Gasteiger partial charge in [0.15, 0.2) is 11.6 Å². The molecule has 130 valence electrons. The van der Waals surface area contributed by atoms with Crippen LogP contribution >= 0.6 is 0 Å². The highest BCUT2D eigenvalue weighted by molar-refractivity contribution is 7.89. The number of hydrogen-bond acceptors (Lipinski definition) is 6. The maximum absolute atomic E-state index is 12.7. The van der Waals surface area contributed by atoms with Crippen LogP contribution in [0.2, 0.25) is 0 Å². The Bertz CT molecular complexity index is 1030. The van der Waals surface area contributed by atoms with Crippen LogP contribution < -0.4 is 4.72 Å². The molecule has 1 aliphatic rings. The van der Waals surface area contributed by atoms with Gasteiger partial charge in [0.1, 0.15) is 10.7 Å². The summed E-state index contributed by atoms with van der Waals surface area (Å²) in [4.78, 5) is 8.54. The summed E-state index contributed by atoms with van der Waals surface area (Å²) >= 11 is 0. The molecule has 1 fully saturated rings. The molecule has 4 rings (SSSR count). The van der Waals surface area contributed by atoms with Crippen molar-refractivity contribution in [1.82, 2.24) is 34.7 Å². The molecule has 0 bridgehead atoms. The largest absolute Gasteiger partial charge is 0.263 e. The van der Waals surface area contributed by atoms with Crippen LogP contribution in [0, 0.1) is 13.8 Å². The lowest BCUT2D eigenvalue weighted by molar-refractivity contribution is 0.539. The van der Waals surface area contributed by atoms with Gasteiger partial charge in [0.05, 0.1) is 17.9 Å². The van der Waals surface area contributed by atoms with Crippen molar-refractivity contribution < 1.29 is 8.42 Å². The summed E-state index contributed by atoms with van der Waals surface area (Å²) in [5.74, 6) is 1.69. The van der Waals surface area contributed by atoms with E-state index in [2.05, 4.69) is 30.0 Å². The van der Waals surface area contributed by atoms with Gasteiger partial charge >= 0.3 is 0 Å². The lowest BCUT2D eigenvalue weighted by Crippen LogP contribution is -2.35. The molecule has 0 radical (unpaired) electrons. The second-order valence-corrected chi connectivity index (χ2v) is 7.93.